The number of nitrogens with one attached hydrogen (secondary N) is 1. The van der Waals surface area contributed by atoms with Crippen molar-refractivity contribution < 1.29 is 4.79 Å². The van der Waals surface area contributed by atoms with Crippen molar-refractivity contribution in [1.29, 1.82) is 0 Å². The van der Waals surface area contributed by atoms with Crippen molar-refractivity contribution in [3.8, 4) is 0 Å². The van der Waals surface area contributed by atoms with Gasteiger partial charge in [-0.1, -0.05) is 13.8 Å². The minimum absolute atomic E-state index is 0.119. The normalized spacial score (nSPS) is 23.5. The number of likely N-dealkylation sites (tertiary alicyclic amines) is 1. The zero-order valence-electron chi connectivity index (χ0n) is 10.9. The van der Waals surface area contributed by atoms with Crippen LogP contribution in [0.1, 0.15) is 40.5 Å². The molecule has 2 rings (SSSR count). The highest BCUT2D eigenvalue weighted by atomic mass is 16.2. The topological polar surface area (TPSA) is 32.3 Å². The molecule has 92 valence electrons. The van der Waals surface area contributed by atoms with Gasteiger partial charge in [0.15, 0.2) is 0 Å². The number of rotatable bonds is 2. The van der Waals surface area contributed by atoms with Crippen molar-refractivity contribution in [2.24, 2.45) is 17.3 Å². The monoisotopic (exact) mass is 224 g/mol. The first-order chi connectivity index (χ1) is 7.42. The lowest BCUT2D eigenvalue weighted by molar-refractivity contribution is -0.0841. The molecule has 1 spiro atoms. The minimum Gasteiger partial charge on any atom is -0.336 e. The molecule has 0 aromatic carbocycles. The van der Waals surface area contributed by atoms with Gasteiger partial charge in [-0.2, -0.15) is 0 Å². The van der Waals surface area contributed by atoms with E-state index in [2.05, 4.69) is 19.2 Å². The van der Waals surface area contributed by atoms with Crippen LogP contribution in [-0.2, 0) is 0 Å². The van der Waals surface area contributed by atoms with E-state index in [1.54, 1.807) is 0 Å². The van der Waals surface area contributed by atoms with Crippen LogP contribution in [0, 0.1) is 17.3 Å². The molecule has 0 aromatic heterocycles. The van der Waals surface area contributed by atoms with E-state index in [4.69, 9.17) is 0 Å². The summed E-state index contributed by atoms with van der Waals surface area (Å²) < 4.78 is 0. The van der Waals surface area contributed by atoms with E-state index in [1.165, 1.54) is 12.8 Å². The molecule has 0 bridgehead atoms. The molecule has 0 unspecified atom stereocenters. The third-order valence-corrected chi connectivity index (χ3v) is 4.09. The van der Waals surface area contributed by atoms with Gasteiger partial charge < -0.3 is 10.2 Å². The van der Waals surface area contributed by atoms with Crippen molar-refractivity contribution in [2.45, 2.75) is 46.6 Å². The first kappa shape index (κ1) is 11.7. The molecule has 1 saturated heterocycles. The Labute approximate surface area is 98.6 Å². The van der Waals surface area contributed by atoms with Gasteiger partial charge in [-0.15, -0.1) is 0 Å². The van der Waals surface area contributed by atoms with Gasteiger partial charge in [0.25, 0.3) is 0 Å². The van der Waals surface area contributed by atoms with Crippen molar-refractivity contribution in [2.75, 3.05) is 13.1 Å². The van der Waals surface area contributed by atoms with Crippen molar-refractivity contribution >= 4 is 6.03 Å². The van der Waals surface area contributed by atoms with Gasteiger partial charge in [0, 0.05) is 24.5 Å². The van der Waals surface area contributed by atoms with Crippen LogP contribution in [0.15, 0.2) is 0 Å². The predicted octanol–water partition coefficient (Wildman–Crippen LogP) is 2.47. The molecule has 2 amide bonds. The standard InChI is InChI=1S/C13H24N2O/c1-9(2)11-5-13(6-11)7-15(8-13)12(16)14-10(3)4/h9-11H,5-8H2,1-4H3,(H,14,16). The Morgan fingerprint density at radius 1 is 1.25 bits per heavy atom. The van der Waals surface area contributed by atoms with E-state index in [0.29, 0.717) is 5.41 Å². The zero-order valence-corrected chi connectivity index (χ0v) is 10.9. The van der Waals surface area contributed by atoms with Gasteiger partial charge in [-0.25, -0.2) is 4.79 Å². The summed E-state index contributed by atoms with van der Waals surface area (Å²) in [5.74, 6) is 1.71. The van der Waals surface area contributed by atoms with E-state index >= 15 is 0 Å². The first-order valence-electron chi connectivity index (χ1n) is 6.47. The SMILES string of the molecule is CC(C)NC(=O)N1CC2(CC(C(C)C)C2)C1. The minimum atomic E-state index is 0.119. The molecule has 1 aliphatic carbocycles. The molecule has 1 N–H and O–H groups in total. The summed E-state index contributed by atoms with van der Waals surface area (Å²) >= 11 is 0. The number of carbonyl (C=O) groups is 1. The second-order valence-electron chi connectivity index (χ2n) is 6.37. The lowest BCUT2D eigenvalue weighted by Gasteiger charge is -2.60. The molecule has 0 atom stereocenters. The van der Waals surface area contributed by atoms with Crippen molar-refractivity contribution in [1.82, 2.24) is 10.2 Å². The average Bonchev–Trinajstić information content (AvgIpc) is 1.95. The van der Waals surface area contributed by atoms with Gasteiger partial charge in [0.2, 0.25) is 0 Å². The van der Waals surface area contributed by atoms with Crippen molar-refractivity contribution in [3.05, 3.63) is 0 Å². The maximum atomic E-state index is 11.7. The van der Waals surface area contributed by atoms with Crippen LogP contribution in [0.5, 0.6) is 0 Å². The third kappa shape index (κ3) is 2.04. The van der Waals surface area contributed by atoms with Crippen LogP contribution in [0.4, 0.5) is 4.79 Å². The Morgan fingerprint density at radius 3 is 2.25 bits per heavy atom. The molecule has 16 heavy (non-hydrogen) atoms. The van der Waals surface area contributed by atoms with Crippen LogP contribution in [-0.4, -0.2) is 30.1 Å². The molecule has 1 aliphatic heterocycles. The summed E-state index contributed by atoms with van der Waals surface area (Å²) in [4.78, 5) is 13.6. The van der Waals surface area contributed by atoms with E-state index in [9.17, 15) is 4.79 Å². The van der Waals surface area contributed by atoms with Gasteiger partial charge in [0.05, 0.1) is 0 Å². The smallest absolute Gasteiger partial charge is 0.317 e. The third-order valence-electron chi connectivity index (χ3n) is 4.09. The second-order valence-corrected chi connectivity index (χ2v) is 6.37. The molecule has 3 nitrogen and oxygen atoms in total. The Kier molecular flexibility index (Phi) is 2.89. The molecule has 2 fully saturated rings. The lowest BCUT2D eigenvalue weighted by Crippen LogP contribution is -2.66. The number of carbonyl (C=O) groups excluding carboxylic acids is 1. The van der Waals surface area contributed by atoms with Crippen LogP contribution < -0.4 is 5.32 Å². The van der Waals surface area contributed by atoms with Gasteiger partial charge >= 0.3 is 6.03 Å². The maximum Gasteiger partial charge on any atom is 0.317 e. The summed E-state index contributed by atoms with van der Waals surface area (Å²) in [5, 5.41) is 2.95. The van der Waals surface area contributed by atoms with Crippen LogP contribution in [0.25, 0.3) is 0 Å². The Balaban J connectivity index is 1.73. The molecule has 0 radical (unpaired) electrons. The highest BCUT2D eigenvalue weighted by molar-refractivity contribution is 5.75. The number of nitrogens with zero attached hydrogens (tertiary/aromatic N) is 1. The summed E-state index contributed by atoms with van der Waals surface area (Å²) in [6.07, 6.45) is 2.66. The molecular weight excluding hydrogens is 200 g/mol. The highest BCUT2D eigenvalue weighted by Gasteiger charge is 2.53. The molecule has 2 aliphatic rings. The van der Waals surface area contributed by atoms with Crippen LogP contribution >= 0.6 is 0 Å². The highest BCUT2D eigenvalue weighted by Crippen LogP contribution is 2.54. The summed E-state index contributed by atoms with van der Waals surface area (Å²) in [6.45, 7) is 10.6. The van der Waals surface area contributed by atoms with Gasteiger partial charge in [-0.05, 0) is 38.5 Å². The molecule has 3 heteroatoms. The number of hydrogen-bond donors (Lipinski definition) is 1. The number of hydrogen-bond acceptors (Lipinski definition) is 1. The van der Waals surface area contributed by atoms with E-state index in [-0.39, 0.29) is 12.1 Å². The van der Waals surface area contributed by atoms with E-state index in [0.717, 1.165) is 24.9 Å². The second kappa shape index (κ2) is 3.94. The molecule has 1 saturated carbocycles. The molecule has 0 aromatic rings. The molecular formula is C13H24N2O. The Hall–Kier alpha value is -0.730. The van der Waals surface area contributed by atoms with E-state index in [1.807, 2.05) is 18.7 Å². The van der Waals surface area contributed by atoms with E-state index < -0.39 is 0 Å². The number of urea groups is 1. The Bertz CT molecular complexity index is 272. The maximum absolute atomic E-state index is 11.7. The van der Waals surface area contributed by atoms with Gasteiger partial charge in [-0.3, -0.25) is 0 Å². The largest absolute Gasteiger partial charge is 0.336 e. The fourth-order valence-electron chi connectivity index (χ4n) is 3.03. The average molecular weight is 224 g/mol. The Morgan fingerprint density at radius 2 is 1.81 bits per heavy atom. The summed E-state index contributed by atoms with van der Waals surface area (Å²) in [7, 11) is 0. The summed E-state index contributed by atoms with van der Waals surface area (Å²) in [6, 6.07) is 0.363. The fourth-order valence-corrected chi connectivity index (χ4v) is 3.03. The zero-order chi connectivity index (χ0) is 11.9. The summed E-state index contributed by atoms with van der Waals surface area (Å²) in [5.41, 5.74) is 0.503. The fraction of sp³-hybridized carbons (Fsp3) is 0.923. The van der Waals surface area contributed by atoms with Gasteiger partial charge in [0.1, 0.15) is 0 Å². The van der Waals surface area contributed by atoms with Crippen LogP contribution in [0.2, 0.25) is 0 Å². The predicted molar refractivity (Wildman–Crippen MR) is 65.2 cm³/mol. The number of amides is 2. The first-order valence-corrected chi connectivity index (χ1v) is 6.47. The van der Waals surface area contributed by atoms with Crippen LogP contribution in [0.3, 0.4) is 0 Å². The van der Waals surface area contributed by atoms with Crippen molar-refractivity contribution in [3.63, 3.8) is 0 Å². The lowest BCUT2D eigenvalue weighted by atomic mass is 9.55. The molecule has 1 heterocycles. The quantitative estimate of drug-likeness (QED) is 0.768.